The van der Waals surface area contributed by atoms with Gasteiger partial charge in [0.2, 0.25) is 0 Å². The number of rotatable bonds is 6. The molecular weight excluding hydrogens is 260 g/mol. The van der Waals surface area contributed by atoms with E-state index in [2.05, 4.69) is 17.7 Å². The lowest BCUT2D eigenvalue weighted by Crippen LogP contribution is -2.29. The zero-order valence-corrected chi connectivity index (χ0v) is 11.3. The molecule has 1 saturated carbocycles. The number of nitro groups is 1. The molecule has 1 amide bonds. The third-order valence-electron chi connectivity index (χ3n) is 3.62. The summed E-state index contributed by atoms with van der Waals surface area (Å²) in [7, 11) is 0. The molecule has 0 radical (unpaired) electrons. The van der Waals surface area contributed by atoms with E-state index in [1.807, 2.05) is 0 Å². The van der Waals surface area contributed by atoms with Crippen LogP contribution in [-0.4, -0.2) is 17.4 Å². The van der Waals surface area contributed by atoms with Gasteiger partial charge in [-0.3, -0.25) is 20.8 Å². The molecule has 1 fully saturated rings. The average molecular weight is 278 g/mol. The fraction of sp³-hybridized carbons (Fsp3) is 0.462. The first-order chi connectivity index (χ1) is 9.52. The highest BCUT2D eigenvalue weighted by atomic mass is 16.6. The summed E-state index contributed by atoms with van der Waals surface area (Å²) in [5, 5.41) is 13.7. The quantitative estimate of drug-likeness (QED) is 0.416. The number of amides is 1. The maximum Gasteiger partial charge on any atom is 0.294 e. The Morgan fingerprint density at radius 2 is 2.25 bits per heavy atom. The van der Waals surface area contributed by atoms with Gasteiger partial charge in [-0.1, -0.05) is 6.92 Å². The van der Waals surface area contributed by atoms with Gasteiger partial charge < -0.3 is 10.7 Å². The Balaban J connectivity index is 2.05. The van der Waals surface area contributed by atoms with E-state index in [-0.39, 0.29) is 22.8 Å². The van der Waals surface area contributed by atoms with E-state index < -0.39 is 4.92 Å². The summed E-state index contributed by atoms with van der Waals surface area (Å²) in [6, 6.07) is 4.17. The lowest BCUT2D eigenvalue weighted by molar-refractivity contribution is -0.384. The van der Waals surface area contributed by atoms with Crippen molar-refractivity contribution in [1.82, 2.24) is 5.32 Å². The maximum atomic E-state index is 12.0. The van der Waals surface area contributed by atoms with E-state index in [0.717, 1.165) is 0 Å². The van der Waals surface area contributed by atoms with Gasteiger partial charge in [-0.2, -0.15) is 0 Å². The van der Waals surface area contributed by atoms with Gasteiger partial charge in [-0.25, -0.2) is 0 Å². The van der Waals surface area contributed by atoms with Crippen LogP contribution >= 0.6 is 0 Å². The van der Waals surface area contributed by atoms with Crippen molar-refractivity contribution in [2.45, 2.75) is 19.8 Å². The lowest BCUT2D eigenvalue weighted by Gasteiger charge is -2.11. The summed E-state index contributed by atoms with van der Waals surface area (Å²) < 4.78 is 0. The summed E-state index contributed by atoms with van der Waals surface area (Å²) in [6.07, 6.45) is 2.44. The van der Waals surface area contributed by atoms with Crippen LogP contribution in [0.15, 0.2) is 18.2 Å². The second-order valence-electron chi connectivity index (χ2n) is 5.16. The number of carbonyl (C=O) groups excluding carboxylic acids is 1. The zero-order valence-electron chi connectivity index (χ0n) is 11.3. The minimum absolute atomic E-state index is 0.179. The number of nitrogen functional groups attached to an aromatic ring is 1. The van der Waals surface area contributed by atoms with Crippen LogP contribution in [0.25, 0.3) is 0 Å². The summed E-state index contributed by atoms with van der Waals surface area (Å²) >= 11 is 0. The molecular formula is C13H18N4O3. The van der Waals surface area contributed by atoms with Crippen LogP contribution < -0.4 is 16.6 Å². The van der Waals surface area contributed by atoms with Crippen molar-refractivity contribution in [3.8, 4) is 0 Å². The molecule has 1 aromatic carbocycles. The minimum Gasteiger partial charge on any atom is -0.352 e. The zero-order chi connectivity index (χ0) is 14.7. The van der Waals surface area contributed by atoms with Crippen molar-refractivity contribution in [2.75, 3.05) is 12.0 Å². The molecule has 1 aliphatic carbocycles. The number of hydrazine groups is 1. The fourth-order valence-corrected chi connectivity index (χ4v) is 2.13. The molecule has 0 aliphatic heterocycles. The first-order valence-electron chi connectivity index (χ1n) is 6.56. The van der Waals surface area contributed by atoms with Crippen LogP contribution in [0.1, 0.15) is 30.1 Å². The summed E-state index contributed by atoms with van der Waals surface area (Å²) in [6.45, 7) is 2.69. The van der Waals surface area contributed by atoms with Gasteiger partial charge in [0, 0.05) is 18.2 Å². The molecule has 0 aromatic heterocycles. The number of carbonyl (C=O) groups is 1. The first-order valence-corrected chi connectivity index (χ1v) is 6.56. The normalized spacial score (nSPS) is 15.5. The van der Waals surface area contributed by atoms with Crippen molar-refractivity contribution >= 4 is 17.3 Å². The van der Waals surface area contributed by atoms with Crippen molar-refractivity contribution in [2.24, 2.45) is 17.7 Å². The van der Waals surface area contributed by atoms with E-state index >= 15 is 0 Å². The number of benzene rings is 1. The summed E-state index contributed by atoms with van der Waals surface area (Å²) in [5.74, 6) is 6.04. The van der Waals surface area contributed by atoms with Crippen LogP contribution in [0.2, 0.25) is 0 Å². The molecule has 0 heterocycles. The summed E-state index contributed by atoms with van der Waals surface area (Å²) in [4.78, 5) is 22.3. The van der Waals surface area contributed by atoms with Gasteiger partial charge in [-0.05, 0) is 36.8 Å². The van der Waals surface area contributed by atoms with E-state index in [1.165, 1.54) is 31.0 Å². The highest BCUT2D eigenvalue weighted by molar-refractivity contribution is 5.95. The molecule has 2 rings (SSSR count). The Labute approximate surface area is 116 Å². The standard InChI is InChI=1S/C13H18N4O3/c1-8(9-2-3-9)7-15-13(18)10-4-5-11(16-14)12(6-10)17(19)20/h4-6,8-9,16H,2-3,7,14H2,1H3,(H,15,18). The number of nitrogens with zero attached hydrogens (tertiary/aromatic N) is 1. The van der Waals surface area contributed by atoms with E-state index in [9.17, 15) is 14.9 Å². The minimum atomic E-state index is -0.571. The fourth-order valence-electron chi connectivity index (χ4n) is 2.13. The topological polar surface area (TPSA) is 110 Å². The predicted molar refractivity (Wildman–Crippen MR) is 75.1 cm³/mol. The van der Waals surface area contributed by atoms with Crippen molar-refractivity contribution in [3.63, 3.8) is 0 Å². The Bertz CT molecular complexity index is 528. The molecule has 1 aromatic rings. The molecule has 0 spiro atoms. The predicted octanol–water partition coefficient (Wildman–Crippen LogP) is 1.66. The molecule has 1 aliphatic rings. The van der Waals surface area contributed by atoms with Gasteiger partial charge in [0.1, 0.15) is 5.69 Å². The lowest BCUT2D eigenvalue weighted by atomic mass is 10.1. The largest absolute Gasteiger partial charge is 0.352 e. The highest BCUT2D eigenvalue weighted by Gasteiger charge is 2.28. The number of anilines is 1. The average Bonchev–Trinajstić information content (AvgIpc) is 3.28. The van der Waals surface area contributed by atoms with Gasteiger partial charge in [0.25, 0.3) is 11.6 Å². The second-order valence-corrected chi connectivity index (χ2v) is 5.16. The van der Waals surface area contributed by atoms with Gasteiger partial charge in [0.15, 0.2) is 0 Å². The molecule has 0 bridgehead atoms. The monoisotopic (exact) mass is 278 g/mol. The highest BCUT2D eigenvalue weighted by Crippen LogP contribution is 2.36. The number of nitrogens with one attached hydrogen (secondary N) is 2. The van der Waals surface area contributed by atoms with Crippen molar-refractivity contribution < 1.29 is 9.72 Å². The molecule has 1 unspecified atom stereocenters. The van der Waals surface area contributed by atoms with E-state index in [0.29, 0.717) is 18.4 Å². The first kappa shape index (κ1) is 14.3. The Morgan fingerprint density at radius 1 is 1.55 bits per heavy atom. The van der Waals surface area contributed by atoms with Gasteiger partial charge in [0.05, 0.1) is 4.92 Å². The Morgan fingerprint density at radius 3 is 2.80 bits per heavy atom. The molecule has 108 valence electrons. The van der Waals surface area contributed by atoms with Gasteiger partial charge in [-0.15, -0.1) is 0 Å². The van der Waals surface area contributed by atoms with Crippen LogP contribution in [0.3, 0.4) is 0 Å². The Hall–Kier alpha value is -2.15. The molecule has 20 heavy (non-hydrogen) atoms. The molecule has 7 nitrogen and oxygen atoms in total. The van der Waals surface area contributed by atoms with Gasteiger partial charge >= 0.3 is 0 Å². The van der Waals surface area contributed by atoms with Crippen molar-refractivity contribution in [3.05, 3.63) is 33.9 Å². The molecule has 4 N–H and O–H groups in total. The van der Waals surface area contributed by atoms with E-state index in [1.54, 1.807) is 0 Å². The number of nitrogens with two attached hydrogens (primary N) is 1. The third-order valence-corrected chi connectivity index (χ3v) is 3.62. The van der Waals surface area contributed by atoms with Crippen LogP contribution in [-0.2, 0) is 0 Å². The van der Waals surface area contributed by atoms with Crippen LogP contribution in [0.4, 0.5) is 11.4 Å². The SMILES string of the molecule is CC(CNC(=O)c1ccc(NN)c([N+](=O)[O-])c1)C1CC1. The number of hydrogen-bond donors (Lipinski definition) is 3. The summed E-state index contributed by atoms with van der Waals surface area (Å²) in [5.41, 5.74) is 2.47. The molecule has 0 saturated heterocycles. The smallest absolute Gasteiger partial charge is 0.294 e. The Kier molecular flexibility index (Phi) is 4.19. The maximum absolute atomic E-state index is 12.0. The molecule has 7 heteroatoms. The number of nitro benzene ring substituents is 1. The van der Waals surface area contributed by atoms with Crippen molar-refractivity contribution in [1.29, 1.82) is 0 Å². The van der Waals surface area contributed by atoms with Crippen LogP contribution in [0, 0.1) is 22.0 Å². The number of hydrogen-bond acceptors (Lipinski definition) is 5. The molecule has 1 atom stereocenters. The van der Waals surface area contributed by atoms with Crippen LogP contribution in [0.5, 0.6) is 0 Å². The third kappa shape index (κ3) is 3.24. The second kappa shape index (κ2) is 5.87. The van der Waals surface area contributed by atoms with E-state index in [4.69, 9.17) is 5.84 Å².